The Morgan fingerprint density at radius 1 is 1.33 bits per heavy atom. The topological polar surface area (TPSA) is 61.4 Å². The second kappa shape index (κ2) is 6.18. The van der Waals surface area contributed by atoms with E-state index in [0.717, 1.165) is 32.2 Å². The van der Waals surface area contributed by atoms with Gasteiger partial charge in [0.25, 0.3) is 0 Å². The molecule has 102 valence electrons. The van der Waals surface area contributed by atoms with Crippen LogP contribution in [0.2, 0.25) is 0 Å². The zero-order valence-corrected chi connectivity index (χ0v) is 11.1. The quantitative estimate of drug-likeness (QED) is 0.750. The maximum Gasteiger partial charge on any atom is 0.244 e. The van der Waals surface area contributed by atoms with Crippen LogP contribution in [0.5, 0.6) is 0 Å². The van der Waals surface area contributed by atoms with Crippen LogP contribution in [0, 0.1) is 5.92 Å². The van der Waals surface area contributed by atoms with Crippen molar-refractivity contribution in [3.63, 3.8) is 0 Å². The third kappa shape index (κ3) is 2.83. The molecule has 1 saturated heterocycles. The molecule has 1 atom stereocenters. The Morgan fingerprint density at radius 3 is 2.72 bits per heavy atom. The van der Waals surface area contributed by atoms with Crippen LogP contribution in [-0.4, -0.2) is 48.9 Å². The summed E-state index contributed by atoms with van der Waals surface area (Å²) in [6.45, 7) is 4.52. The van der Waals surface area contributed by atoms with E-state index in [4.69, 9.17) is 0 Å². The lowest BCUT2D eigenvalue weighted by Crippen LogP contribution is -2.60. The lowest BCUT2D eigenvalue weighted by Gasteiger charge is -2.36. The molecule has 2 amide bonds. The summed E-state index contributed by atoms with van der Waals surface area (Å²) >= 11 is 0. The average Bonchev–Trinajstić information content (AvgIpc) is 2.92. The summed E-state index contributed by atoms with van der Waals surface area (Å²) in [6, 6.07) is -0.327. The maximum atomic E-state index is 12.4. The van der Waals surface area contributed by atoms with E-state index in [2.05, 4.69) is 10.6 Å². The molecular weight excluding hydrogens is 230 g/mol. The summed E-state index contributed by atoms with van der Waals surface area (Å²) in [5.74, 6) is 0.307. The molecule has 1 aliphatic heterocycles. The molecule has 2 N–H and O–H groups in total. The molecule has 0 spiro atoms. The lowest BCUT2D eigenvalue weighted by atomic mass is 10.0. The predicted octanol–water partition coefficient (Wildman–Crippen LogP) is 0.113. The van der Waals surface area contributed by atoms with E-state index in [9.17, 15) is 9.59 Å². The van der Waals surface area contributed by atoms with Crippen LogP contribution in [0.15, 0.2) is 0 Å². The number of hydrogen-bond donors (Lipinski definition) is 2. The van der Waals surface area contributed by atoms with Crippen LogP contribution in [0.25, 0.3) is 0 Å². The zero-order valence-electron chi connectivity index (χ0n) is 11.1. The number of carbonyl (C=O) groups excluding carboxylic acids is 2. The Hall–Kier alpha value is -1.10. The third-order valence-electron chi connectivity index (χ3n) is 3.88. The first-order chi connectivity index (χ1) is 8.74. The fourth-order valence-electron chi connectivity index (χ4n) is 2.90. The number of piperazine rings is 1. The number of nitrogens with zero attached hydrogens (tertiary/aromatic N) is 1. The second-order valence-corrected chi connectivity index (χ2v) is 5.13. The molecule has 0 bridgehead atoms. The van der Waals surface area contributed by atoms with Gasteiger partial charge in [0, 0.05) is 32.1 Å². The zero-order chi connectivity index (χ0) is 13.0. The van der Waals surface area contributed by atoms with Crippen LogP contribution >= 0.6 is 0 Å². The van der Waals surface area contributed by atoms with Gasteiger partial charge < -0.3 is 15.5 Å². The van der Waals surface area contributed by atoms with Crippen molar-refractivity contribution in [2.24, 2.45) is 5.92 Å². The smallest absolute Gasteiger partial charge is 0.244 e. The van der Waals surface area contributed by atoms with E-state index < -0.39 is 0 Å². The molecule has 1 saturated carbocycles. The molecule has 0 radical (unpaired) electrons. The van der Waals surface area contributed by atoms with Crippen LogP contribution in [0.3, 0.4) is 0 Å². The number of likely N-dealkylation sites (N-methyl/N-ethyl adjacent to an activating group) is 1. The van der Waals surface area contributed by atoms with E-state index in [-0.39, 0.29) is 23.8 Å². The Morgan fingerprint density at radius 2 is 2.06 bits per heavy atom. The largest absolute Gasteiger partial charge is 0.355 e. The molecule has 2 rings (SSSR count). The fraction of sp³-hybridized carbons (Fsp3) is 0.846. The monoisotopic (exact) mass is 253 g/mol. The molecule has 18 heavy (non-hydrogen) atoms. The van der Waals surface area contributed by atoms with Gasteiger partial charge in [-0.1, -0.05) is 12.8 Å². The van der Waals surface area contributed by atoms with Crippen molar-refractivity contribution >= 4 is 11.8 Å². The first-order valence-corrected chi connectivity index (χ1v) is 7.03. The van der Waals surface area contributed by atoms with E-state index >= 15 is 0 Å². The van der Waals surface area contributed by atoms with Gasteiger partial charge in [-0.05, 0) is 19.8 Å². The van der Waals surface area contributed by atoms with Crippen LogP contribution in [0.1, 0.15) is 32.6 Å². The number of hydrogen-bond acceptors (Lipinski definition) is 3. The van der Waals surface area contributed by atoms with Gasteiger partial charge in [0.1, 0.15) is 6.04 Å². The van der Waals surface area contributed by atoms with Gasteiger partial charge in [-0.15, -0.1) is 0 Å². The predicted molar refractivity (Wildman–Crippen MR) is 69.0 cm³/mol. The molecule has 2 aliphatic rings. The SMILES string of the molecule is CCNC(=O)C1CNCCN1C(=O)C1CCCC1. The Kier molecular flexibility index (Phi) is 4.58. The average molecular weight is 253 g/mol. The highest BCUT2D eigenvalue weighted by Crippen LogP contribution is 2.27. The van der Waals surface area contributed by atoms with Crippen molar-refractivity contribution in [1.82, 2.24) is 15.5 Å². The maximum absolute atomic E-state index is 12.4. The number of carbonyl (C=O) groups is 2. The van der Waals surface area contributed by atoms with Gasteiger partial charge >= 0.3 is 0 Å². The lowest BCUT2D eigenvalue weighted by molar-refractivity contribution is -0.144. The molecular formula is C13H23N3O2. The molecule has 0 aromatic rings. The molecule has 5 nitrogen and oxygen atoms in total. The van der Waals surface area contributed by atoms with Gasteiger partial charge in [-0.2, -0.15) is 0 Å². The minimum atomic E-state index is -0.327. The number of nitrogens with one attached hydrogen (secondary N) is 2. The van der Waals surface area contributed by atoms with Crippen LogP contribution < -0.4 is 10.6 Å². The minimum absolute atomic E-state index is 0.0314. The van der Waals surface area contributed by atoms with Crippen LogP contribution in [0.4, 0.5) is 0 Å². The third-order valence-corrected chi connectivity index (χ3v) is 3.88. The first-order valence-electron chi connectivity index (χ1n) is 7.03. The summed E-state index contributed by atoms with van der Waals surface area (Å²) < 4.78 is 0. The summed E-state index contributed by atoms with van der Waals surface area (Å²) in [5.41, 5.74) is 0. The fourth-order valence-corrected chi connectivity index (χ4v) is 2.90. The van der Waals surface area contributed by atoms with Crippen molar-refractivity contribution in [1.29, 1.82) is 0 Å². The number of rotatable bonds is 3. The molecule has 1 heterocycles. The summed E-state index contributed by atoms with van der Waals surface area (Å²) in [7, 11) is 0. The highest BCUT2D eigenvalue weighted by molar-refractivity contribution is 5.89. The van der Waals surface area contributed by atoms with E-state index in [0.29, 0.717) is 19.6 Å². The van der Waals surface area contributed by atoms with E-state index in [1.54, 1.807) is 4.90 Å². The van der Waals surface area contributed by atoms with Crippen molar-refractivity contribution in [3.05, 3.63) is 0 Å². The first kappa shape index (κ1) is 13.3. The van der Waals surface area contributed by atoms with Gasteiger partial charge in [-0.3, -0.25) is 9.59 Å². The van der Waals surface area contributed by atoms with Crippen molar-refractivity contribution in [2.75, 3.05) is 26.2 Å². The van der Waals surface area contributed by atoms with Gasteiger partial charge in [0.05, 0.1) is 0 Å². The molecule has 1 unspecified atom stereocenters. The van der Waals surface area contributed by atoms with Gasteiger partial charge in [-0.25, -0.2) is 0 Å². The Labute approximate surface area is 108 Å². The highest BCUT2D eigenvalue weighted by Gasteiger charge is 2.35. The Balaban J connectivity index is 2.02. The molecule has 1 aliphatic carbocycles. The summed E-state index contributed by atoms with van der Waals surface area (Å²) in [6.07, 6.45) is 4.28. The van der Waals surface area contributed by atoms with Crippen LogP contribution in [-0.2, 0) is 9.59 Å². The molecule has 0 aromatic heterocycles. The highest BCUT2D eigenvalue weighted by atomic mass is 16.2. The second-order valence-electron chi connectivity index (χ2n) is 5.13. The summed E-state index contributed by atoms with van der Waals surface area (Å²) in [5, 5.41) is 6.01. The van der Waals surface area contributed by atoms with Crippen molar-refractivity contribution in [2.45, 2.75) is 38.6 Å². The normalized spacial score (nSPS) is 25.2. The minimum Gasteiger partial charge on any atom is -0.355 e. The molecule has 0 aromatic carbocycles. The van der Waals surface area contributed by atoms with E-state index in [1.807, 2.05) is 6.92 Å². The van der Waals surface area contributed by atoms with Crippen molar-refractivity contribution in [3.8, 4) is 0 Å². The Bertz CT molecular complexity index is 313. The molecule has 5 heteroatoms. The van der Waals surface area contributed by atoms with Gasteiger partial charge in [0.2, 0.25) is 11.8 Å². The molecule has 2 fully saturated rings. The number of amides is 2. The summed E-state index contributed by atoms with van der Waals surface area (Å²) in [4.78, 5) is 26.2. The van der Waals surface area contributed by atoms with Gasteiger partial charge in [0.15, 0.2) is 0 Å². The van der Waals surface area contributed by atoms with E-state index in [1.165, 1.54) is 0 Å². The standard InChI is InChI=1S/C13H23N3O2/c1-2-15-12(17)11-9-14-7-8-16(11)13(18)10-5-3-4-6-10/h10-11,14H,2-9H2,1H3,(H,15,17). The van der Waals surface area contributed by atoms with Crippen molar-refractivity contribution < 1.29 is 9.59 Å².